The van der Waals surface area contributed by atoms with Crippen molar-refractivity contribution in [3.05, 3.63) is 68.8 Å². The number of halogens is 3. The molecule has 0 unspecified atom stereocenters. The van der Waals surface area contributed by atoms with Gasteiger partial charge in [-0.25, -0.2) is 4.63 Å². The molecule has 0 atom stereocenters. The summed E-state index contributed by atoms with van der Waals surface area (Å²) >= 11 is 9.39. The second-order valence-corrected chi connectivity index (χ2v) is 7.45. The summed E-state index contributed by atoms with van der Waals surface area (Å²) in [7, 11) is 0. The third kappa shape index (κ3) is 6.88. The van der Waals surface area contributed by atoms with Gasteiger partial charge >= 0.3 is 0 Å². The van der Waals surface area contributed by atoms with E-state index in [4.69, 9.17) is 22.1 Å². The molecule has 30 heavy (non-hydrogen) atoms. The highest BCUT2D eigenvalue weighted by molar-refractivity contribution is 9.10. The van der Waals surface area contributed by atoms with E-state index in [1.807, 2.05) is 42.5 Å². The molecule has 0 aliphatic rings. The quantitative estimate of drug-likeness (QED) is 0.348. The number of nitrogens with one attached hydrogen (secondary N) is 2. The average Bonchev–Trinajstić information content (AvgIpc) is 3.14. The van der Waals surface area contributed by atoms with Gasteiger partial charge in [0.1, 0.15) is 12.4 Å². The van der Waals surface area contributed by atoms with Crippen LogP contribution in [0.25, 0.3) is 0 Å². The van der Waals surface area contributed by atoms with E-state index in [9.17, 15) is 4.79 Å². The van der Waals surface area contributed by atoms with Crippen LogP contribution in [0.5, 0.6) is 5.75 Å². The second-order valence-electron chi connectivity index (χ2n) is 6.10. The van der Waals surface area contributed by atoms with Gasteiger partial charge in [0.2, 0.25) is 11.5 Å². The monoisotopic (exact) mass is 514 g/mol. The highest BCUT2D eigenvalue weighted by atomic mass is 79.9. The maximum Gasteiger partial charge on any atom is 0.277 e. The van der Waals surface area contributed by atoms with Crippen molar-refractivity contribution in [3.63, 3.8) is 0 Å². The molecule has 0 aliphatic heterocycles. The molecule has 0 radical (unpaired) electrons. The summed E-state index contributed by atoms with van der Waals surface area (Å²) in [6.07, 6.45) is 0. The summed E-state index contributed by atoms with van der Waals surface area (Å²) in [5.41, 5.74) is 7.49. The largest absolute Gasteiger partial charge is 1.00 e. The first-order valence-electron chi connectivity index (χ1n) is 8.75. The summed E-state index contributed by atoms with van der Waals surface area (Å²) in [6, 6.07) is 13.4. The summed E-state index contributed by atoms with van der Waals surface area (Å²) in [5.74, 6) is 0.313. The minimum absolute atomic E-state index is 0. The summed E-state index contributed by atoms with van der Waals surface area (Å²) in [4.78, 5) is 11.9. The van der Waals surface area contributed by atoms with Crippen LogP contribution in [0.2, 0.25) is 5.02 Å². The highest BCUT2D eigenvalue weighted by Crippen LogP contribution is 2.24. The number of rotatable bonds is 9. The Bertz CT molecular complexity index is 969. The zero-order chi connectivity index (χ0) is 20.6. The molecular weight excluding hydrogens is 497 g/mol. The minimum Gasteiger partial charge on any atom is -1.00 e. The topological polar surface area (TPSA) is 115 Å². The zero-order valence-electron chi connectivity index (χ0n) is 15.7. The van der Waals surface area contributed by atoms with Gasteiger partial charge in [0.05, 0.1) is 0 Å². The Hall–Kier alpha value is -2.33. The number of hydrogen-bond acceptors (Lipinski definition) is 7. The van der Waals surface area contributed by atoms with Crippen molar-refractivity contribution in [1.82, 2.24) is 20.9 Å². The number of benzene rings is 2. The SMILES string of the molecule is Nc1nonc1C(=O)NCCNCc1cc(Br)ccc1OCc1ccc(Cl)cc1.[Cl-]. The maximum absolute atomic E-state index is 11.9. The van der Waals surface area contributed by atoms with Crippen molar-refractivity contribution in [1.29, 1.82) is 0 Å². The molecule has 1 heterocycles. The van der Waals surface area contributed by atoms with E-state index in [1.165, 1.54) is 0 Å². The molecule has 3 rings (SSSR count). The Morgan fingerprint density at radius 3 is 2.63 bits per heavy atom. The first kappa shape index (κ1) is 23.9. The number of hydrogen-bond donors (Lipinski definition) is 3. The lowest BCUT2D eigenvalue weighted by molar-refractivity contribution is -0.0000149. The van der Waals surface area contributed by atoms with Crippen LogP contribution in [0, 0.1) is 0 Å². The molecule has 4 N–H and O–H groups in total. The summed E-state index contributed by atoms with van der Waals surface area (Å²) < 4.78 is 11.3. The van der Waals surface area contributed by atoms with Crippen LogP contribution >= 0.6 is 27.5 Å². The van der Waals surface area contributed by atoms with Gasteiger partial charge in [0.25, 0.3) is 5.91 Å². The molecule has 0 bridgehead atoms. The van der Waals surface area contributed by atoms with Crippen molar-refractivity contribution in [2.24, 2.45) is 0 Å². The molecule has 11 heteroatoms. The lowest BCUT2D eigenvalue weighted by atomic mass is 10.2. The number of amides is 1. The minimum atomic E-state index is -0.431. The van der Waals surface area contributed by atoms with Crippen molar-refractivity contribution >= 4 is 39.3 Å². The van der Waals surface area contributed by atoms with Crippen molar-refractivity contribution in [2.45, 2.75) is 13.2 Å². The van der Waals surface area contributed by atoms with E-state index in [0.29, 0.717) is 31.3 Å². The van der Waals surface area contributed by atoms with Crippen LogP contribution in [-0.2, 0) is 13.2 Å². The number of carbonyl (C=O) groups excluding carboxylic acids is 1. The smallest absolute Gasteiger partial charge is 0.277 e. The second kappa shape index (κ2) is 11.8. The summed E-state index contributed by atoms with van der Waals surface area (Å²) in [5, 5.41) is 13.5. The van der Waals surface area contributed by atoms with E-state index in [2.05, 4.69) is 41.5 Å². The number of nitrogens with zero attached hydrogens (tertiary/aromatic N) is 2. The molecule has 1 aromatic heterocycles. The van der Waals surface area contributed by atoms with Crippen molar-refractivity contribution < 1.29 is 26.6 Å². The number of nitrogens with two attached hydrogens (primary N) is 1. The fourth-order valence-corrected chi connectivity index (χ4v) is 3.03. The zero-order valence-corrected chi connectivity index (χ0v) is 18.8. The van der Waals surface area contributed by atoms with Gasteiger partial charge < -0.3 is 33.5 Å². The van der Waals surface area contributed by atoms with Crippen LogP contribution in [0.1, 0.15) is 21.6 Å². The van der Waals surface area contributed by atoms with Gasteiger partial charge in [-0.1, -0.05) is 39.7 Å². The molecular formula is C19H19BrCl2N5O3-. The van der Waals surface area contributed by atoms with Crippen molar-refractivity contribution in [2.75, 3.05) is 18.8 Å². The molecule has 0 spiro atoms. The molecule has 0 saturated carbocycles. The predicted molar refractivity (Wildman–Crippen MR) is 113 cm³/mol. The Labute approximate surface area is 193 Å². The lowest BCUT2D eigenvalue weighted by Gasteiger charge is -2.13. The van der Waals surface area contributed by atoms with Crippen LogP contribution in [-0.4, -0.2) is 29.3 Å². The van der Waals surface area contributed by atoms with E-state index >= 15 is 0 Å². The number of anilines is 1. The fourth-order valence-electron chi connectivity index (χ4n) is 2.49. The molecule has 0 aliphatic carbocycles. The standard InChI is InChI=1S/C19H19BrClN5O3.ClH/c20-14-3-6-16(28-11-12-1-4-15(21)5-2-12)13(9-14)10-23-7-8-24-19(27)17-18(22)26-29-25-17;/h1-6,9,23H,7-8,10-11H2,(H2,22,26)(H,24,27);1H/p-1. The van der Waals surface area contributed by atoms with Crippen LogP contribution in [0.3, 0.4) is 0 Å². The number of nitrogen functional groups attached to an aromatic ring is 1. The number of carbonyl (C=O) groups is 1. The molecule has 3 aromatic rings. The van der Waals surface area contributed by atoms with Gasteiger partial charge in [0.15, 0.2) is 0 Å². The van der Waals surface area contributed by atoms with E-state index in [0.717, 1.165) is 21.3 Å². The molecule has 2 aromatic carbocycles. The summed E-state index contributed by atoms with van der Waals surface area (Å²) in [6.45, 7) is 1.94. The van der Waals surface area contributed by atoms with E-state index in [1.54, 1.807) is 0 Å². The Kier molecular flexibility index (Phi) is 9.38. The normalized spacial score (nSPS) is 10.3. The average molecular weight is 516 g/mol. The van der Waals surface area contributed by atoms with Crippen LogP contribution < -0.4 is 33.5 Å². The van der Waals surface area contributed by atoms with Crippen LogP contribution in [0.4, 0.5) is 5.82 Å². The Morgan fingerprint density at radius 2 is 1.93 bits per heavy atom. The number of ether oxygens (including phenoxy) is 1. The highest BCUT2D eigenvalue weighted by Gasteiger charge is 2.15. The van der Waals surface area contributed by atoms with Gasteiger partial charge in [-0.15, -0.1) is 0 Å². The first-order chi connectivity index (χ1) is 14.0. The first-order valence-corrected chi connectivity index (χ1v) is 9.92. The Morgan fingerprint density at radius 1 is 1.17 bits per heavy atom. The van der Waals surface area contributed by atoms with Gasteiger partial charge in [-0.3, -0.25) is 4.79 Å². The molecule has 8 nitrogen and oxygen atoms in total. The molecule has 1 amide bonds. The van der Waals surface area contributed by atoms with Gasteiger partial charge in [-0.05, 0) is 46.2 Å². The van der Waals surface area contributed by atoms with Gasteiger partial charge in [-0.2, -0.15) is 0 Å². The Balaban J connectivity index is 0.00000320. The van der Waals surface area contributed by atoms with E-state index < -0.39 is 5.91 Å². The van der Waals surface area contributed by atoms with E-state index in [-0.39, 0.29) is 23.9 Å². The third-order valence-corrected chi connectivity index (χ3v) is 4.71. The van der Waals surface area contributed by atoms with Gasteiger partial charge in [0, 0.05) is 34.7 Å². The molecule has 0 fully saturated rings. The van der Waals surface area contributed by atoms with Crippen LogP contribution in [0.15, 0.2) is 51.6 Å². The predicted octanol–water partition coefficient (Wildman–Crippen LogP) is 0.170. The molecule has 0 saturated heterocycles. The molecule has 160 valence electrons. The maximum atomic E-state index is 11.9. The third-order valence-electron chi connectivity index (χ3n) is 3.96. The lowest BCUT2D eigenvalue weighted by Crippen LogP contribution is -3.00. The number of aromatic nitrogens is 2. The fraction of sp³-hybridized carbons (Fsp3) is 0.211. The van der Waals surface area contributed by atoms with Crippen molar-refractivity contribution in [3.8, 4) is 5.75 Å².